The van der Waals surface area contributed by atoms with Gasteiger partial charge in [0.2, 0.25) is 5.91 Å². The number of hydrogen-bond acceptors (Lipinski definition) is 6. The van der Waals surface area contributed by atoms with Crippen LogP contribution >= 0.6 is 0 Å². The quantitative estimate of drug-likeness (QED) is 0.708. The van der Waals surface area contributed by atoms with E-state index in [1.54, 1.807) is 21.3 Å². The Kier molecular flexibility index (Phi) is 6.67. The number of carbonyl (C=O) groups is 1. The van der Waals surface area contributed by atoms with E-state index in [0.717, 1.165) is 0 Å². The van der Waals surface area contributed by atoms with E-state index in [4.69, 9.17) is 23.7 Å². The van der Waals surface area contributed by atoms with Crippen LogP contribution in [0.5, 0.6) is 0 Å². The Morgan fingerprint density at radius 1 is 1.11 bits per heavy atom. The fourth-order valence-electron chi connectivity index (χ4n) is 2.36. The van der Waals surface area contributed by atoms with Crippen molar-refractivity contribution in [2.24, 2.45) is 0 Å². The molecule has 19 heavy (non-hydrogen) atoms. The summed E-state index contributed by atoms with van der Waals surface area (Å²) in [6.07, 6.45) is -1.67. The first-order chi connectivity index (χ1) is 9.08. The molecule has 1 saturated heterocycles. The van der Waals surface area contributed by atoms with Crippen molar-refractivity contribution in [3.8, 4) is 0 Å². The van der Waals surface area contributed by atoms with Crippen LogP contribution in [-0.2, 0) is 28.5 Å². The summed E-state index contributed by atoms with van der Waals surface area (Å²) in [5.41, 5.74) is 0. The Labute approximate surface area is 113 Å². The third-order valence-electron chi connectivity index (χ3n) is 3.12. The lowest BCUT2D eigenvalue weighted by Gasteiger charge is -2.44. The maximum atomic E-state index is 11.3. The van der Waals surface area contributed by atoms with Gasteiger partial charge >= 0.3 is 0 Å². The lowest BCUT2D eigenvalue weighted by molar-refractivity contribution is -0.272. The fourth-order valence-corrected chi connectivity index (χ4v) is 2.36. The first-order valence-electron chi connectivity index (χ1n) is 6.08. The van der Waals surface area contributed by atoms with Gasteiger partial charge in [-0.05, 0) is 0 Å². The molecule has 0 bridgehead atoms. The number of nitrogens with one attached hydrogen (secondary N) is 1. The molecule has 1 fully saturated rings. The van der Waals surface area contributed by atoms with Gasteiger partial charge in [-0.3, -0.25) is 4.79 Å². The second kappa shape index (κ2) is 7.76. The highest BCUT2D eigenvalue weighted by Crippen LogP contribution is 2.26. The van der Waals surface area contributed by atoms with E-state index in [2.05, 4.69) is 5.32 Å². The summed E-state index contributed by atoms with van der Waals surface area (Å²) >= 11 is 0. The van der Waals surface area contributed by atoms with Crippen LogP contribution in [0.25, 0.3) is 0 Å². The summed E-state index contributed by atoms with van der Waals surface area (Å²) in [7, 11) is 6.23. The summed E-state index contributed by atoms with van der Waals surface area (Å²) in [5, 5.41) is 2.78. The molecule has 0 unspecified atom stereocenters. The van der Waals surface area contributed by atoms with Crippen molar-refractivity contribution in [2.45, 2.75) is 37.6 Å². The summed E-state index contributed by atoms with van der Waals surface area (Å²) in [4.78, 5) is 11.3. The van der Waals surface area contributed by atoms with E-state index >= 15 is 0 Å². The normalized spacial score (nSPS) is 35.1. The van der Waals surface area contributed by atoms with Crippen molar-refractivity contribution in [1.29, 1.82) is 0 Å². The predicted molar refractivity (Wildman–Crippen MR) is 66.7 cm³/mol. The van der Waals surface area contributed by atoms with Gasteiger partial charge in [0.15, 0.2) is 6.29 Å². The average molecular weight is 277 g/mol. The molecular weight excluding hydrogens is 254 g/mol. The van der Waals surface area contributed by atoms with Gasteiger partial charge in [0.1, 0.15) is 24.4 Å². The van der Waals surface area contributed by atoms with Gasteiger partial charge in [0.25, 0.3) is 0 Å². The van der Waals surface area contributed by atoms with E-state index in [-0.39, 0.29) is 24.2 Å². The van der Waals surface area contributed by atoms with Gasteiger partial charge in [-0.1, -0.05) is 0 Å². The topological polar surface area (TPSA) is 75.2 Å². The van der Waals surface area contributed by atoms with Crippen LogP contribution in [0.1, 0.15) is 6.92 Å². The Hall–Kier alpha value is -0.730. The lowest BCUT2D eigenvalue weighted by Crippen LogP contribution is -2.65. The highest BCUT2D eigenvalue weighted by Gasteiger charge is 2.47. The van der Waals surface area contributed by atoms with Crippen molar-refractivity contribution in [2.75, 3.05) is 35.0 Å². The third kappa shape index (κ3) is 3.87. The Balaban J connectivity index is 2.92. The number of rotatable bonds is 6. The second-order valence-electron chi connectivity index (χ2n) is 4.36. The molecule has 1 N–H and O–H groups in total. The summed E-state index contributed by atoms with van der Waals surface area (Å²) in [5.74, 6) is -0.183. The molecule has 0 aromatic carbocycles. The van der Waals surface area contributed by atoms with Crippen LogP contribution in [0.15, 0.2) is 0 Å². The first kappa shape index (κ1) is 16.3. The van der Waals surface area contributed by atoms with Gasteiger partial charge < -0.3 is 29.0 Å². The minimum Gasteiger partial charge on any atom is -0.382 e. The molecule has 1 aliphatic heterocycles. The van der Waals surface area contributed by atoms with Crippen molar-refractivity contribution in [3.05, 3.63) is 0 Å². The molecule has 0 spiro atoms. The number of ether oxygens (including phenoxy) is 5. The molecule has 0 radical (unpaired) electrons. The van der Waals surface area contributed by atoms with Crippen LogP contribution in [0.2, 0.25) is 0 Å². The minimum atomic E-state index is -0.611. The van der Waals surface area contributed by atoms with Crippen molar-refractivity contribution >= 4 is 5.91 Å². The smallest absolute Gasteiger partial charge is 0.217 e. The molecule has 0 aliphatic carbocycles. The fraction of sp³-hybridized carbons (Fsp3) is 0.917. The molecule has 5 atom stereocenters. The third-order valence-corrected chi connectivity index (χ3v) is 3.12. The summed E-state index contributed by atoms with van der Waals surface area (Å²) in [6, 6.07) is -0.439. The molecule has 112 valence electrons. The zero-order valence-corrected chi connectivity index (χ0v) is 12.0. The number of carbonyl (C=O) groups excluding carboxylic acids is 1. The van der Waals surface area contributed by atoms with Gasteiger partial charge in [-0.15, -0.1) is 0 Å². The Morgan fingerprint density at radius 3 is 2.16 bits per heavy atom. The first-order valence-corrected chi connectivity index (χ1v) is 6.08. The molecular formula is C12H23NO6. The Morgan fingerprint density at radius 2 is 1.74 bits per heavy atom. The standard InChI is InChI=1S/C12H23NO6/c1-7(14)13-9-11(17-4)10(16-3)8(6-15-2)19-12(9)18-5/h8-12H,6H2,1-5H3,(H,13,14)/t8-,9-,10-,11-,12-/m1/s1. The molecule has 0 aromatic rings. The number of hydrogen-bond donors (Lipinski definition) is 1. The van der Waals surface area contributed by atoms with E-state index in [9.17, 15) is 4.79 Å². The van der Waals surface area contributed by atoms with Gasteiger partial charge in [0.05, 0.1) is 6.61 Å². The minimum absolute atomic E-state index is 0.183. The van der Waals surface area contributed by atoms with E-state index in [1.807, 2.05) is 0 Å². The van der Waals surface area contributed by atoms with E-state index in [1.165, 1.54) is 14.0 Å². The zero-order valence-electron chi connectivity index (χ0n) is 12.0. The van der Waals surface area contributed by atoms with Crippen molar-refractivity contribution in [1.82, 2.24) is 5.32 Å². The molecule has 0 saturated carbocycles. The number of methoxy groups -OCH3 is 4. The van der Waals surface area contributed by atoms with Crippen LogP contribution in [-0.4, -0.2) is 71.6 Å². The van der Waals surface area contributed by atoms with Gasteiger partial charge in [-0.2, -0.15) is 0 Å². The highest BCUT2D eigenvalue weighted by atomic mass is 16.7. The monoisotopic (exact) mass is 277 g/mol. The molecule has 1 heterocycles. The largest absolute Gasteiger partial charge is 0.382 e. The van der Waals surface area contributed by atoms with Crippen molar-refractivity contribution in [3.63, 3.8) is 0 Å². The summed E-state index contributed by atoms with van der Waals surface area (Å²) < 4.78 is 27.0. The number of amides is 1. The van der Waals surface area contributed by atoms with Crippen LogP contribution in [0.3, 0.4) is 0 Å². The molecule has 7 nitrogen and oxygen atoms in total. The molecule has 1 aliphatic rings. The molecule has 0 aromatic heterocycles. The molecule has 1 rings (SSSR count). The van der Waals surface area contributed by atoms with Crippen LogP contribution in [0, 0.1) is 0 Å². The van der Waals surface area contributed by atoms with Crippen LogP contribution in [0.4, 0.5) is 0 Å². The van der Waals surface area contributed by atoms with Crippen LogP contribution < -0.4 is 5.32 Å². The lowest BCUT2D eigenvalue weighted by atomic mass is 9.96. The van der Waals surface area contributed by atoms with Gasteiger partial charge in [0, 0.05) is 35.4 Å². The zero-order chi connectivity index (χ0) is 14.4. The Bertz CT molecular complexity index is 287. The van der Waals surface area contributed by atoms with Crippen molar-refractivity contribution < 1.29 is 28.5 Å². The van der Waals surface area contributed by atoms with E-state index < -0.39 is 12.3 Å². The van der Waals surface area contributed by atoms with E-state index in [0.29, 0.717) is 6.61 Å². The SMILES string of the molecule is COC[C@H]1O[C@@H](OC)[C@H](NC(C)=O)[C@@H](OC)[C@@H]1OC. The van der Waals surface area contributed by atoms with Gasteiger partial charge in [-0.25, -0.2) is 0 Å². The maximum absolute atomic E-state index is 11.3. The highest BCUT2D eigenvalue weighted by molar-refractivity contribution is 5.73. The maximum Gasteiger partial charge on any atom is 0.217 e. The summed E-state index contributed by atoms with van der Waals surface area (Å²) in [6.45, 7) is 1.79. The molecule has 1 amide bonds. The predicted octanol–water partition coefficient (Wildman–Crippen LogP) is -0.461. The molecule has 7 heteroatoms. The average Bonchev–Trinajstić information content (AvgIpc) is 2.38. The second-order valence-corrected chi connectivity index (χ2v) is 4.36.